The summed E-state index contributed by atoms with van der Waals surface area (Å²) in [6.45, 7) is 0. The van der Waals surface area contributed by atoms with Crippen molar-refractivity contribution in [2.24, 2.45) is 0 Å². The minimum Gasteiger partial charge on any atom is -0.325 e. The molecule has 1 unspecified atom stereocenters. The Balaban J connectivity index is 1.93. The monoisotopic (exact) mass is 273 g/mol. The van der Waals surface area contributed by atoms with Crippen LogP contribution in [0.1, 0.15) is 0 Å². The molecule has 0 spiro atoms. The van der Waals surface area contributed by atoms with Crippen LogP contribution in [0, 0.1) is 0 Å². The summed E-state index contributed by atoms with van der Waals surface area (Å²) in [4.78, 5) is 11.9. The van der Waals surface area contributed by atoms with E-state index in [-0.39, 0.29) is 11.2 Å². The van der Waals surface area contributed by atoms with Gasteiger partial charge in [0.05, 0.1) is 5.25 Å². The van der Waals surface area contributed by atoms with Gasteiger partial charge in [-0.1, -0.05) is 11.6 Å². The summed E-state index contributed by atoms with van der Waals surface area (Å²) in [6, 6.07) is 7.20. The van der Waals surface area contributed by atoms with Gasteiger partial charge < -0.3 is 5.32 Å². The van der Waals surface area contributed by atoms with Crippen molar-refractivity contribution in [2.75, 3.05) is 22.6 Å². The van der Waals surface area contributed by atoms with Crippen molar-refractivity contribution in [2.45, 2.75) is 5.25 Å². The quantitative estimate of drug-likeness (QED) is 0.898. The molecule has 0 radical (unpaired) electrons. The number of carbonyl (C=O) groups excluding carboxylic acids is 1. The average Bonchev–Trinajstić information content (AvgIpc) is 2.33. The highest BCUT2D eigenvalue weighted by Gasteiger charge is 2.21. The molecule has 5 heteroatoms. The number of halogens is 1. The van der Waals surface area contributed by atoms with Crippen LogP contribution in [0.5, 0.6) is 0 Å². The second kappa shape index (κ2) is 5.84. The highest BCUT2D eigenvalue weighted by Crippen LogP contribution is 2.25. The molecule has 0 aromatic heterocycles. The number of amides is 1. The summed E-state index contributed by atoms with van der Waals surface area (Å²) in [5, 5.41) is 3.67. The van der Waals surface area contributed by atoms with Gasteiger partial charge in [-0.2, -0.15) is 11.8 Å². The molecule has 1 amide bonds. The van der Waals surface area contributed by atoms with Gasteiger partial charge in [-0.3, -0.25) is 4.79 Å². The number of benzene rings is 1. The highest BCUT2D eigenvalue weighted by atomic mass is 35.5. The van der Waals surface area contributed by atoms with Crippen LogP contribution in [0.3, 0.4) is 0 Å². The number of hydrogen-bond donors (Lipinski definition) is 1. The van der Waals surface area contributed by atoms with Crippen LogP contribution in [0.15, 0.2) is 24.3 Å². The lowest BCUT2D eigenvalue weighted by Gasteiger charge is -2.20. The second-order valence-corrected chi connectivity index (χ2v) is 6.33. The van der Waals surface area contributed by atoms with E-state index in [2.05, 4.69) is 5.32 Å². The zero-order valence-corrected chi connectivity index (χ0v) is 11.0. The van der Waals surface area contributed by atoms with E-state index in [0.717, 1.165) is 22.9 Å². The van der Waals surface area contributed by atoms with E-state index in [4.69, 9.17) is 11.6 Å². The largest absolute Gasteiger partial charge is 0.325 e. The van der Waals surface area contributed by atoms with E-state index in [0.29, 0.717) is 5.02 Å². The third kappa shape index (κ3) is 3.34. The molecular weight excluding hydrogens is 262 g/mol. The molecule has 1 fully saturated rings. The minimum absolute atomic E-state index is 0.0782. The molecular formula is C11H12ClNOS2. The van der Waals surface area contributed by atoms with Crippen LogP contribution < -0.4 is 5.32 Å². The van der Waals surface area contributed by atoms with Gasteiger partial charge in [-0.15, -0.1) is 11.8 Å². The highest BCUT2D eigenvalue weighted by molar-refractivity contribution is 8.07. The van der Waals surface area contributed by atoms with Gasteiger partial charge in [0.25, 0.3) is 0 Å². The lowest BCUT2D eigenvalue weighted by atomic mass is 10.3. The van der Waals surface area contributed by atoms with Gasteiger partial charge in [-0.25, -0.2) is 0 Å². The molecule has 1 heterocycles. The number of carbonyl (C=O) groups is 1. The molecule has 1 aliphatic rings. The van der Waals surface area contributed by atoms with Crippen LogP contribution in [-0.2, 0) is 4.79 Å². The molecule has 1 aromatic carbocycles. The third-order valence-corrected chi connectivity index (χ3v) is 5.23. The summed E-state index contributed by atoms with van der Waals surface area (Å²) >= 11 is 9.35. The fraction of sp³-hybridized carbons (Fsp3) is 0.364. The van der Waals surface area contributed by atoms with Crippen molar-refractivity contribution in [3.05, 3.63) is 29.3 Å². The molecule has 0 aliphatic carbocycles. The minimum atomic E-state index is 0.0782. The van der Waals surface area contributed by atoms with Gasteiger partial charge in [-0.05, 0) is 24.3 Å². The maximum Gasteiger partial charge on any atom is 0.238 e. The summed E-state index contributed by atoms with van der Waals surface area (Å²) in [6.07, 6.45) is 0. The van der Waals surface area contributed by atoms with E-state index in [1.165, 1.54) is 0 Å². The molecule has 86 valence electrons. The Morgan fingerprint density at radius 1 is 1.31 bits per heavy atom. The van der Waals surface area contributed by atoms with Crippen molar-refractivity contribution in [3.63, 3.8) is 0 Å². The predicted octanol–water partition coefficient (Wildman–Crippen LogP) is 3.13. The number of hydrogen-bond acceptors (Lipinski definition) is 3. The average molecular weight is 274 g/mol. The molecule has 1 N–H and O–H groups in total. The number of rotatable bonds is 2. The van der Waals surface area contributed by atoms with E-state index < -0.39 is 0 Å². The van der Waals surface area contributed by atoms with Crippen molar-refractivity contribution in [1.29, 1.82) is 0 Å². The van der Waals surface area contributed by atoms with E-state index in [9.17, 15) is 4.79 Å². The normalized spacial score (nSPS) is 20.4. The topological polar surface area (TPSA) is 29.1 Å². The Morgan fingerprint density at radius 2 is 2.06 bits per heavy atom. The standard InChI is InChI=1S/C11H12ClNOS2/c12-8-1-3-9(4-2-8)13-11(14)10-7-15-5-6-16-10/h1-4,10H,5-7H2,(H,13,14). The second-order valence-electron chi connectivity index (χ2n) is 3.43. The van der Waals surface area contributed by atoms with Gasteiger partial charge >= 0.3 is 0 Å². The smallest absolute Gasteiger partial charge is 0.238 e. The zero-order valence-electron chi connectivity index (χ0n) is 8.61. The Labute approximate surface area is 109 Å². The molecule has 1 aromatic rings. The molecule has 1 atom stereocenters. The first-order valence-electron chi connectivity index (χ1n) is 5.01. The van der Waals surface area contributed by atoms with Crippen molar-refractivity contribution < 1.29 is 4.79 Å². The van der Waals surface area contributed by atoms with Crippen molar-refractivity contribution in [3.8, 4) is 0 Å². The van der Waals surface area contributed by atoms with Gasteiger partial charge in [0.2, 0.25) is 5.91 Å². The maximum atomic E-state index is 11.9. The molecule has 16 heavy (non-hydrogen) atoms. The fourth-order valence-corrected chi connectivity index (χ4v) is 4.08. The Morgan fingerprint density at radius 3 is 2.69 bits per heavy atom. The van der Waals surface area contributed by atoms with Crippen LogP contribution in [-0.4, -0.2) is 28.4 Å². The van der Waals surface area contributed by atoms with Crippen LogP contribution in [0.25, 0.3) is 0 Å². The van der Waals surface area contributed by atoms with Crippen LogP contribution in [0.2, 0.25) is 5.02 Å². The van der Waals surface area contributed by atoms with Crippen LogP contribution in [0.4, 0.5) is 5.69 Å². The zero-order chi connectivity index (χ0) is 11.4. The first-order chi connectivity index (χ1) is 7.75. The first kappa shape index (κ1) is 12.1. The Bertz CT molecular complexity index is 363. The first-order valence-corrected chi connectivity index (χ1v) is 7.59. The van der Waals surface area contributed by atoms with E-state index >= 15 is 0 Å². The Kier molecular flexibility index (Phi) is 4.44. The lowest BCUT2D eigenvalue weighted by molar-refractivity contribution is -0.115. The summed E-state index contributed by atoms with van der Waals surface area (Å²) in [5.41, 5.74) is 0.811. The molecule has 1 saturated heterocycles. The van der Waals surface area contributed by atoms with Crippen LogP contribution >= 0.6 is 35.1 Å². The lowest BCUT2D eigenvalue weighted by Crippen LogP contribution is -2.30. The van der Waals surface area contributed by atoms with E-state index in [1.54, 1.807) is 23.9 Å². The molecule has 0 saturated carbocycles. The SMILES string of the molecule is O=C(Nc1ccc(Cl)cc1)C1CSCCS1. The van der Waals surface area contributed by atoms with Gasteiger partial charge in [0, 0.05) is 28.0 Å². The van der Waals surface area contributed by atoms with Crippen molar-refractivity contribution >= 4 is 46.7 Å². The summed E-state index contributed by atoms with van der Waals surface area (Å²) < 4.78 is 0. The molecule has 1 aliphatic heterocycles. The van der Waals surface area contributed by atoms with Gasteiger partial charge in [0.15, 0.2) is 0 Å². The summed E-state index contributed by atoms with van der Waals surface area (Å²) in [7, 11) is 0. The maximum absolute atomic E-state index is 11.9. The van der Waals surface area contributed by atoms with Crippen molar-refractivity contribution in [1.82, 2.24) is 0 Å². The molecule has 0 bridgehead atoms. The third-order valence-electron chi connectivity index (χ3n) is 2.22. The number of anilines is 1. The number of nitrogens with one attached hydrogen (secondary N) is 1. The molecule has 2 rings (SSSR count). The molecule has 2 nitrogen and oxygen atoms in total. The predicted molar refractivity (Wildman–Crippen MR) is 73.7 cm³/mol. The fourth-order valence-electron chi connectivity index (χ4n) is 1.40. The van der Waals surface area contributed by atoms with E-state index in [1.807, 2.05) is 23.9 Å². The Hall–Kier alpha value is -0.320. The summed E-state index contributed by atoms with van der Waals surface area (Å²) in [5.74, 6) is 3.21. The van der Waals surface area contributed by atoms with Gasteiger partial charge in [0.1, 0.15) is 0 Å². The number of thioether (sulfide) groups is 2.